The molecule has 88 valence electrons. The molecular weight excluding hydrogens is 208 g/mol. The summed E-state index contributed by atoms with van der Waals surface area (Å²) in [6.07, 6.45) is 2.60. The van der Waals surface area contributed by atoms with Crippen molar-refractivity contribution in [3.8, 4) is 0 Å². The largest absolute Gasteiger partial charge is 0.494 e. The lowest BCUT2D eigenvalue weighted by atomic mass is 10.1. The van der Waals surface area contributed by atoms with Crippen LogP contribution in [-0.4, -0.2) is 25.9 Å². The molecule has 0 aromatic heterocycles. The van der Waals surface area contributed by atoms with Gasteiger partial charge in [-0.05, 0) is 6.92 Å². The maximum absolute atomic E-state index is 5.92. The van der Waals surface area contributed by atoms with E-state index >= 15 is 0 Å². The highest BCUT2D eigenvalue weighted by Crippen LogP contribution is 2.33. The maximum atomic E-state index is 5.92. The van der Waals surface area contributed by atoms with Gasteiger partial charge in [0, 0.05) is 19.3 Å². The van der Waals surface area contributed by atoms with Crippen molar-refractivity contribution in [2.75, 3.05) is 19.8 Å². The van der Waals surface area contributed by atoms with Crippen molar-refractivity contribution in [1.29, 1.82) is 0 Å². The van der Waals surface area contributed by atoms with Gasteiger partial charge >= 0.3 is 0 Å². The number of ether oxygens (including phenoxy) is 4. The molecule has 3 aliphatic heterocycles. The van der Waals surface area contributed by atoms with Gasteiger partial charge in [0.15, 0.2) is 5.76 Å². The number of hydrogen-bond donors (Lipinski definition) is 0. The first-order valence-electron chi connectivity index (χ1n) is 5.84. The highest BCUT2D eigenvalue weighted by atomic mass is 16.6. The Bertz CT molecular complexity index is 350. The smallest absolute Gasteiger partial charge is 0.170 e. The van der Waals surface area contributed by atoms with Gasteiger partial charge in [-0.25, -0.2) is 0 Å². The van der Waals surface area contributed by atoms with Crippen LogP contribution in [0.4, 0.5) is 0 Å². The van der Waals surface area contributed by atoms with E-state index in [-0.39, 0.29) is 6.10 Å². The van der Waals surface area contributed by atoms with Gasteiger partial charge in [-0.1, -0.05) is 0 Å². The van der Waals surface area contributed by atoms with E-state index in [1.807, 2.05) is 6.92 Å². The molecule has 3 aliphatic rings. The minimum absolute atomic E-state index is 0.0232. The molecule has 16 heavy (non-hydrogen) atoms. The van der Waals surface area contributed by atoms with Crippen LogP contribution >= 0.6 is 0 Å². The van der Waals surface area contributed by atoms with E-state index in [1.165, 1.54) is 0 Å². The van der Waals surface area contributed by atoms with Crippen molar-refractivity contribution < 1.29 is 18.9 Å². The molecule has 3 rings (SSSR count). The van der Waals surface area contributed by atoms with E-state index in [0.29, 0.717) is 6.61 Å². The van der Waals surface area contributed by atoms with Crippen LogP contribution in [0.25, 0.3) is 0 Å². The summed E-state index contributed by atoms with van der Waals surface area (Å²) in [5, 5.41) is 0. The van der Waals surface area contributed by atoms with Crippen LogP contribution in [-0.2, 0) is 18.9 Å². The molecule has 1 unspecified atom stereocenters. The monoisotopic (exact) mass is 224 g/mol. The van der Waals surface area contributed by atoms with Crippen LogP contribution in [0, 0.1) is 0 Å². The molecule has 0 radical (unpaired) electrons. The first-order valence-corrected chi connectivity index (χ1v) is 5.84. The fraction of sp³-hybridized carbons (Fsp3) is 0.667. The summed E-state index contributed by atoms with van der Waals surface area (Å²) in [7, 11) is 0. The minimum Gasteiger partial charge on any atom is -0.494 e. The molecule has 1 atom stereocenters. The highest BCUT2D eigenvalue weighted by Gasteiger charge is 2.29. The van der Waals surface area contributed by atoms with Crippen molar-refractivity contribution in [2.24, 2.45) is 0 Å². The van der Waals surface area contributed by atoms with E-state index in [1.54, 1.807) is 0 Å². The average molecular weight is 224 g/mol. The Labute approximate surface area is 94.8 Å². The average Bonchev–Trinajstić information content (AvgIpc) is 2.59. The molecule has 0 aliphatic carbocycles. The van der Waals surface area contributed by atoms with Crippen molar-refractivity contribution in [2.45, 2.75) is 32.3 Å². The predicted molar refractivity (Wildman–Crippen MR) is 56.3 cm³/mol. The summed E-state index contributed by atoms with van der Waals surface area (Å²) >= 11 is 0. The Morgan fingerprint density at radius 3 is 2.31 bits per heavy atom. The molecule has 4 nitrogen and oxygen atoms in total. The summed E-state index contributed by atoms with van der Waals surface area (Å²) in [4.78, 5) is 0. The molecule has 0 saturated carbocycles. The van der Waals surface area contributed by atoms with Crippen molar-refractivity contribution in [1.82, 2.24) is 0 Å². The fourth-order valence-electron chi connectivity index (χ4n) is 2.11. The summed E-state index contributed by atoms with van der Waals surface area (Å²) in [6.45, 7) is 4.20. The van der Waals surface area contributed by atoms with Gasteiger partial charge in [0.25, 0.3) is 0 Å². The van der Waals surface area contributed by atoms with Crippen LogP contribution < -0.4 is 0 Å². The van der Waals surface area contributed by atoms with Gasteiger partial charge in [0.1, 0.15) is 23.4 Å². The van der Waals surface area contributed by atoms with Crippen LogP contribution in [0.2, 0.25) is 0 Å². The molecular formula is C12H16O4. The van der Waals surface area contributed by atoms with E-state index in [2.05, 4.69) is 0 Å². The molecule has 3 heterocycles. The summed E-state index contributed by atoms with van der Waals surface area (Å²) < 4.78 is 22.5. The second kappa shape index (κ2) is 4.01. The molecule has 0 aromatic carbocycles. The first kappa shape index (κ1) is 10.0. The zero-order valence-corrected chi connectivity index (χ0v) is 9.45. The predicted octanol–water partition coefficient (Wildman–Crippen LogP) is 2.08. The van der Waals surface area contributed by atoms with E-state index in [9.17, 15) is 0 Å². The lowest BCUT2D eigenvalue weighted by Crippen LogP contribution is -2.23. The van der Waals surface area contributed by atoms with Gasteiger partial charge in [0.2, 0.25) is 0 Å². The van der Waals surface area contributed by atoms with Crippen molar-refractivity contribution in [3.05, 3.63) is 23.0 Å². The fourth-order valence-corrected chi connectivity index (χ4v) is 2.11. The Balaban J connectivity index is 1.88. The second-order valence-electron chi connectivity index (χ2n) is 4.20. The molecule has 0 N–H and O–H groups in total. The zero-order valence-electron chi connectivity index (χ0n) is 9.45. The Morgan fingerprint density at radius 1 is 0.875 bits per heavy atom. The molecule has 0 bridgehead atoms. The van der Waals surface area contributed by atoms with Gasteiger partial charge in [-0.15, -0.1) is 0 Å². The van der Waals surface area contributed by atoms with Crippen LogP contribution in [0.15, 0.2) is 23.0 Å². The van der Waals surface area contributed by atoms with Crippen LogP contribution in [0.1, 0.15) is 26.2 Å². The topological polar surface area (TPSA) is 36.9 Å². The van der Waals surface area contributed by atoms with Gasteiger partial charge < -0.3 is 18.9 Å². The molecule has 0 aromatic rings. The third-order valence-corrected chi connectivity index (χ3v) is 3.10. The van der Waals surface area contributed by atoms with Crippen molar-refractivity contribution >= 4 is 0 Å². The third-order valence-electron chi connectivity index (χ3n) is 3.10. The molecule has 0 spiro atoms. The molecule has 4 heteroatoms. The van der Waals surface area contributed by atoms with Crippen LogP contribution in [0.3, 0.4) is 0 Å². The Morgan fingerprint density at radius 2 is 1.56 bits per heavy atom. The molecule has 1 saturated heterocycles. The second-order valence-corrected chi connectivity index (χ2v) is 4.20. The maximum Gasteiger partial charge on any atom is 0.170 e. The number of hydrogen-bond acceptors (Lipinski definition) is 4. The molecule has 0 amide bonds. The lowest BCUT2D eigenvalue weighted by Gasteiger charge is -2.28. The van der Waals surface area contributed by atoms with E-state index in [4.69, 9.17) is 18.9 Å². The standard InChI is InChI=1S/C12H16O4/c1-8-12(11-4-7-15-11)16-10-3-6-14-9(10)2-5-13-8/h8H,2-7H2,1H3/b12-11-. The van der Waals surface area contributed by atoms with Crippen molar-refractivity contribution in [3.63, 3.8) is 0 Å². The van der Waals surface area contributed by atoms with Gasteiger partial charge in [-0.3, -0.25) is 0 Å². The lowest BCUT2D eigenvalue weighted by molar-refractivity contribution is 0.0160. The normalized spacial score (nSPS) is 33.9. The van der Waals surface area contributed by atoms with E-state index < -0.39 is 0 Å². The minimum atomic E-state index is -0.0232. The zero-order chi connectivity index (χ0) is 11.0. The van der Waals surface area contributed by atoms with Gasteiger partial charge in [0.05, 0.1) is 19.8 Å². The quantitative estimate of drug-likeness (QED) is 0.631. The van der Waals surface area contributed by atoms with Crippen LogP contribution in [0.5, 0.6) is 0 Å². The van der Waals surface area contributed by atoms with Gasteiger partial charge in [-0.2, -0.15) is 0 Å². The summed E-state index contributed by atoms with van der Waals surface area (Å²) in [5.41, 5.74) is 0. The Kier molecular flexibility index (Phi) is 2.52. The molecule has 1 fully saturated rings. The summed E-state index contributed by atoms with van der Waals surface area (Å²) in [6, 6.07) is 0. The summed E-state index contributed by atoms with van der Waals surface area (Å²) in [5.74, 6) is 3.69. The van der Waals surface area contributed by atoms with E-state index in [0.717, 1.165) is 55.5 Å². The third kappa shape index (κ3) is 1.67. The Hall–Kier alpha value is -1.16. The SMILES string of the molecule is CC1OCCC2=C(CCO2)O/C1=C1/CCO1. The first-order chi connectivity index (χ1) is 7.84. The highest BCUT2D eigenvalue weighted by molar-refractivity contribution is 5.17. The number of rotatable bonds is 0.